The first kappa shape index (κ1) is 12.1. The van der Waals surface area contributed by atoms with Crippen LogP contribution in [-0.4, -0.2) is 27.4 Å². The van der Waals surface area contributed by atoms with Gasteiger partial charge in [0.1, 0.15) is 0 Å². The van der Waals surface area contributed by atoms with Crippen LogP contribution in [0.3, 0.4) is 0 Å². The Hall–Kier alpha value is -0.940. The third-order valence-corrected chi connectivity index (χ3v) is 4.53. The van der Waals surface area contributed by atoms with Crippen molar-refractivity contribution < 1.29 is 9.63 Å². The van der Waals surface area contributed by atoms with Crippen molar-refractivity contribution in [3.05, 3.63) is 11.7 Å². The van der Waals surface area contributed by atoms with Crippen molar-refractivity contribution >= 4 is 0 Å². The highest BCUT2D eigenvalue weighted by Crippen LogP contribution is 2.52. The van der Waals surface area contributed by atoms with Crippen molar-refractivity contribution in [3.8, 4) is 0 Å². The second-order valence-electron chi connectivity index (χ2n) is 6.21. The molecule has 5 nitrogen and oxygen atoms in total. The van der Waals surface area contributed by atoms with Crippen LogP contribution in [-0.2, 0) is 6.42 Å². The molecule has 2 fully saturated rings. The van der Waals surface area contributed by atoms with E-state index in [4.69, 9.17) is 10.3 Å². The molecule has 1 aromatic rings. The summed E-state index contributed by atoms with van der Waals surface area (Å²) in [4.78, 5) is 4.45. The lowest BCUT2D eigenvalue weighted by Crippen LogP contribution is -2.36. The molecule has 4 atom stereocenters. The van der Waals surface area contributed by atoms with Gasteiger partial charge in [-0.1, -0.05) is 11.6 Å². The summed E-state index contributed by atoms with van der Waals surface area (Å²) in [7, 11) is 0. The third-order valence-electron chi connectivity index (χ3n) is 4.53. The molecule has 3 N–H and O–H groups in total. The standard InChI is InChI=1S/C13H21N3O2/c1-13(17,7-14)6-11-15-12(16-18-11)10-5-8-2-3-9(10)4-8/h8-10,17H,2-7,14H2,1H3. The quantitative estimate of drug-likeness (QED) is 0.840. The van der Waals surface area contributed by atoms with Crippen LogP contribution in [0.1, 0.15) is 50.2 Å². The summed E-state index contributed by atoms with van der Waals surface area (Å²) in [6, 6.07) is 0. The zero-order valence-electron chi connectivity index (χ0n) is 10.8. The smallest absolute Gasteiger partial charge is 0.229 e. The SMILES string of the molecule is CC(O)(CN)Cc1nc(C2CC3CCC2C3)no1. The Morgan fingerprint density at radius 3 is 2.89 bits per heavy atom. The lowest BCUT2D eigenvalue weighted by Gasteiger charge is -2.18. The zero-order chi connectivity index (χ0) is 12.8. The van der Waals surface area contributed by atoms with Gasteiger partial charge in [-0.25, -0.2) is 0 Å². The monoisotopic (exact) mass is 251 g/mol. The first-order valence-corrected chi connectivity index (χ1v) is 6.82. The van der Waals surface area contributed by atoms with Crippen LogP contribution >= 0.6 is 0 Å². The van der Waals surface area contributed by atoms with Crippen LogP contribution < -0.4 is 5.73 Å². The van der Waals surface area contributed by atoms with E-state index in [0.29, 0.717) is 18.2 Å². The maximum atomic E-state index is 9.90. The van der Waals surface area contributed by atoms with E-state index in [9.17, 15) is 5.11 Å². The maximum absolute atomic E-state index is 9.90. The molecule has 2 aliphatic rings. The van der Waals surface area contributed by atoms with Gasteiger partial charge in [0.25, 0.3) is 0 Å². The van der Waals surface area contributed by atoms with Crippen molar-refractivity contribution in [2.45, 2.75) is 50.5 Å². The van der Waals surface area contributed by atoms with Crippen LogP contribution in [0.25, 0.3) is 0 Å². The van der Waals surface area contributed by atoms with E-state index in [1.807, 2.05) is 0 Å². The normalized spacial score (nSPS) is 33.8. The summed E-state index contributed by atoms with van der Waals surface area (Å²) in [6.07, 6.45) is 5.54. The molecule has 3 rings (SSSR count). The van der Waals surface area contributed by atoms with E-state index in [0.717, 1.165) is 17.7 Å². The average molecular weight is 251 g/mol. The molecule has 0 amide bonds. The second kappa shape index (κ2) is 4.31. The third kappa shape index (κ3) is 2.17. The fourth-order valence-corrected chi connectivity index (χ4v) is 3.45. The molecular formula is C13H21N3O2. The van der Waals surface area contributed by atoms with Crippen LogP contribution in [0.5, 0.6) is 0 Å². The highest BCUT2D eigenvalue weighted by molar-refractivity contribution is 5.07. The number of hydrogen-bond acceptors (Lipinski definition) is 5. The summed E-state index contributed by atoms with van der Waals surface area (Å²) < 4.78 is 5.25. The highest BCUT2D eigenvalue weighted by Gasteiger charge is 2.42. The molecule has 1 aromatic heterocycles. The Bertz CT molecular complexity index is 430. The van der Waals surface area contributed by atoms with Gasteiger partial charge in [0, 0.05) is 12.5 Å². The van der Waals surface area contributed by atoms with Gasteiger partial charge in [-0.05, 0) is 38.0 Å². The summed E-state index contributed by atoms with van der Waals surface area (Å²) in [5.74, 6) is 3.43. The molecule has 0 saturated heterocycles. The molecule has 5 heteroatoms. The van der Waals surface area contributed by atoms with E-state index in [1.54, 1.807) is 6.92 Å². The first-order valence-electron chi connectivity index (χ1n) is 6.82. The Kier molecular flexibility index (Phi) is 2.90. The molecule has 1 heterocycles. The minimum atomic E-state index is -0.960. The van der Waals surface area contributed by atoms with Crippen molar-refractivity contribution in [1.29, 1.82) is 0 Å². The number of fused-ring (bicyclic) bond motifs is 2. The summed E-state index contributed by atoms with van der Waals surface area (Å²) >= 11 is 0. The number of nitrogens with zero attached hydrogens (tertiary/aromatic N) is 2. The van der Waals surface area contributed by atoms with E-state index < -0.39 is 5.60 Å². The Morgan fingerprint density at radius 1 is 1.44 bits per heavy atom. The summed E-state index contributed by atoms with van der Waals surface area (Å²) in [5, 5.41) is 14.0. The van der Waals surface area contributed by atoms with Gasteiger partial charge in [0.2, 0.25) is 5.89 Å². The molecule has 4 unspecified atom stereocenters. The number of hydrogen-bond donors (Lipinski definition) is 2. The lowest BCUT2D eigenvalue weighted by molar-refractivity contribution is 0.0610. The van der Waals surface area contributed by atoms with Crippen LogP contribution in [0, 0.1) is 11.8 Å². The van der Waals surface area contributed by atoms with Crippen molar-refractivity contribution in [3.63, 3.8) is 0 Å². The molecule has 2 aliphatic carbocycles. The predicted molar refractivity (Wildman–Crippen MR) is 65.9 cm³/mol. The average Bonchev–Trinajstić information content (AvgIpc) is 3.02. The second-order valence-corrected chi connectivity index (χ2v) is 6.21. The first-order chi connectivity index (χ1) is 8.57. The molecule has 2 bridgehead atoms. The Balaban J connectivity index is 1.70. The molecule has 0 aliphatic heterocycles. The fraction of sp³-hybridized carbons (Fsp3) is 0.846. The number of aromatic nitrogens is 2. The van der Waals surface area contributed by atoms with Crippen molar-refractivity contribution in [2.75, 3.05) is 6.54 Å². The molecular weight excluding hydrogens is 230 g/mol. The summed E-state index contributed by atoms with van der Waals surface area (Å²) in [6.45, 7) is 1.88. The van der Waals surface area contributed by atoms with Gasteiger partial charge in [0.15, 0.2) is 5.82 Å². The van der Waals surface area contributed by atoms with Crippen molar-refractivity contribution in [2.24, 2.45) is 17.6 Å². The molecule has 0 aromatic carbocycles. The van der Waals surface area contributed by atoms with Crippen LogP contribution in [0.2, 0.25) is 0 Å². The predicted octanol–water partition coefficient (Wildman–Crippen LogP) is 1.23. The minimum Gasteiger partial charge on any atom is -0.388 e. The molecule has 0 radical (unpaired) electrons. The van der Waals surface area contributed by atoms with Gasteiger partial charge in [-0.3, -0.25) is 0 Å². The number of rotatable bonds is 4. The number of nitrogens with two attached hydrogens (primary N) is 1. The number of aliphatic hydroxyl groups is 1. The molecule has 2 saturated carbocycles. The molecule has 0 spiro atoms. The van der Waals surface area contributed by atoms with E-state index in [1.165, 1.54) is 25.7 Å². The van der Waals surface area contributed by atoms with Crippen LogP contribution in [0.15, 0.2) is 4.52 Å². The summed E-state index contributed by atoms with van der Waals surface area (Å²) in [5.41, 5.74) is 4.53. The Morgan fingerprint density at radius 2 is 2.28 bits per heavy atom. The molecule has 100 valence electrons. The van der Waals surface area contributed by atoms with Crippen molar-refractivity contribution in [1.82, 2.24) is 10.1 Å². The van der Waals surface area contributed by atoms with Gasteiger partial charge < -0.3 is 15.4 Å². The lowest BCUT2D eigenvalue weighted by atomic mass is 9.88. The van der Waals surface area contributed by atoms with Gasteiger partial charge in [-0.2, -0.15) is 4.98 Å². The van der Waals surface area contributed by atoms with E-state index in [2.05, 4.69) is 10.1 Å². The van der Waals surface area contributed by atoms with Gasteiger partial charge in [0.05, 0.1) is 12.0 Å². The highest BCUT2D eigenvalue weighted by atomic mass is 16.5. The fourth-order valence-electron chi connectivity index (χ4n) is 3.45. The maximum Gasteiger partial charge on any atom is 0.229 e. The van der Waals surface area contributed by atoms with Gasteiger partial charge >= 0.3 is 0 Å². The molecule has 18 heavy (non-hydrogen) atoms. The topological polar surface area (TPSA) is 85.2 Å². The van der Waals surface area contributed by atoms with E-state index in [-0.39, 0.29) is 6.54 Å². The van der Waals surface area contributed by atoms with Gasteiger partial charge in [-0.15, -0.1) is 0 Å². The van der Waals surface area contributed by atoms with E-state index >= 15 is 0 Å². The van der Waals surface area contributed by atoms with Crippen LogP contribution in [0.4, 0.5) is 0 Å². The zero-order valence-corrected chi connectivity index (χ0v) is 10.8. The minimum absolute atomic E-state index is 0.193. The largest absolute Gasteiger partial charge is 0.388 e. The Labute approximate surface area is 107 Å².